The Hall–Kier alpha value is -1.23. The van der Waals surface area contributed by atoms with E-state index >= 15 is 0 Å². The van der Waals surface area contributed by atoms with Crippen LogP contribution in [0.15, 0.2) is 23.8 Å². The Balaban J connectivity index is 2.10. The molecule has 0 radical (unpaired) electrons. The fraction of sp³-hybridized carbons (Fsp3) is 0.429. The second-order valence-electron chi connectivity index (χ2n) is 4.81. The number of hydrogen-bond acceptors (Lipinski definition) is 4. The SMILES string of the molecule is COCC1NN(C)C2=C1CCOc1ccc(Cl)cc12. The van der Waals surface area contributed by atoms with Gasteiger partial charge in [-0.3, -0.25) is 0 Å². The summed E-state index contributed by atoms with van der Waals surface area (Å²) in [6.07, 6.45) is 0.896. The van der Waals surface area contributed by atoms with Gasteiger partial charge in [0.1, 0.15) is 5.75 Å². The number of ether oxygens (including phenoxy) is 2. The summed E-state index contributed by atoms with van der Waals surface area (Å²) in [7, 11) is 3.74. The number of nitrogens with one attached hydrogen (secondary N) is 1. The monoisotopic (exact) mass is 280 g/mol. The Morgan fingerprint density at radius 3 is 3.16 bits per heavy atom. The first kappa shape index (κ1) is 12.8. The molecular weight excluding hydrogens is 264 g/mol. The lowest BCUT2D eigenvalue weighted by Crippen LogP contribution is -2.37. The molecule has 2 heterocycles. The zero-order chi connectivity index (χ0) is 13.4. The predicted molar refractivity (Wildman–Crippen MR) is 75.0 cm³/mol. The Kier molecular flexibility index (Phi) is 3.39. The normalized spacial score (nSPS) is 21.8. The van der Waals surface area contributed by atoms with Crippen LogP contribution in [-0.2, 0) is 4.74 Å². The molecule has 0 aliphatic carbocycles. The molecule has 0 fully saturated rings. The summed E-state index contributed by atoms with van der Waals surface area (Å²) in [6, 6.07) is 5.97. The van der Waals surface area contributed by atoms with E-state index in [2.05, 4.69) is 5.43 Å². The molecule has 1 unspecified atom stereocenters. The predicted octanol–water partition coefficient (Wildman–Crippen LogP) is 2.30. The standard InChI is InChI=1S/C14H17ClN2O2/c1-17-14-10(12(16-17)8-18-2)5-6-19-13-4-3-9(15)7-11(13)14/h3-4,7,12,16H,5-6,8H2,1-2H3. The van der Waals surface area contributed by atoms with Gasteiger partial charge in [0.05, 0.1) is 25.0 Å². The Labute approximate surface area is 117 Å². The van der Waals surface area contributed by atoms with E-state index in [1.807, 2.05) is 30.3 Å². The van der Waals surface area contributed by atoms with Crippen LogP contribution in [0.5, 0.6) is 5.75 Å². The van der Waals surface area contributed by atoms with Crippen LogP contribution >= 0.6 is 11.6 Å². The zero-order valence-corrected chi connectivity index (χ0v) is 11.8. The number of benzene rings is 1. The molecule has 1 atom stereocenters. The van der Waals surface area contributed by atoms with Gasteiger partial charge in [0.15, 0.2) is 0 Å². The maximum Gasteiger partial charge on any atom is 0.128 e. The van der Waals surface area contributed by atoms with Gasteiger partial charge in [-0.25, -0.2) is 5.43 Å². The molecule has 1 aromatic rings. The van der Waals surface area contributed by atoms with Gasteiger partial charge in [-0.15, -0.1) is 0 Å². The van der Waals surface area contributed by atoms with E-state index in [4.69, 9.17) is 21.1 Å². The third-order valence-electron chi connectivity index (χ3n) is 3.57. The third-order valence-corrected chi connectivity index (χ3v) is 3.80. The minimum atomic E-state index is 0.207. The van der Waals surface area contributed by atoms with E-state index in [0.29, 0.717) is 13.2 Å². The molecule has 1 aromatic carbocycles. The summed E-state index contributed by atoms with van der Waals surface area (Å²) in [6.45, 7) is 1.34. The van der Waals surface area contributed by atoms with Crippen molar-refractivity contribution in [1.29, 1.82) is 0 Å². The van der Waals surface area contributed by atoms with Gasteiger partial charge in [0.2, 0.25) is 0 Å². The van der Waals surface area contributed by atoms with Gasteiger partial charge in [0, 0.05) is 31.2 Å². The first-order valence-corrected chi connectivity index (χ1v) is 6.73. The lowest BCUT2D eigenvalue weighted by Gasteiger charge is -2.20. The summed E-state index contributed by atoms with van der Waals surface area (Å²) < 4.78 is 11.1. The highest BCUT2D eigenvalue weighted by atomic mass is 35.5. The summed E-state index contributed by atoms with van der Waals surface area (Å²) >= 11 is 6.12. The van der Waals surface area contributed by atoms with E-state index in [0.717, 1.165) is 28.5 Å². The van der Waals surface area contributed by atoms with Gasteiger partial charge in [-0.2, -0.15) is 0 Å². The second kappa shape index (κ2) is 5.04. The minimum Gasteiger partial charge on any atom is -0.493 e. The van der Waals surface area contributed by atoms with Crippen molar-refractivity contribution >= 4 is 17.3 Å². The molecule has 0 amide bonds. The largest absolute Gasteiger partial charge is 0.493 e. The van der Waals surface area contributed by atoms with E-state index in [9.17, 15) is 0 Å². The van der Waals surface area contributed by atoms with Gasteiger partial charge in [0.25, 0.3) is 0 Å². The molecule has 3 rings (SSSR count). The number of halogens is 1. The fourth-order valence-corrected chi connectivity index (χ4v) is 2.96. The van der Waals surface area contributed by atoms with E-state index in [-0.39, 0.29) is 6.04 Å². The summed E-state index contributed by atoms with van der Waals surface area (Å²) in [5, 5.41) is 2.77. The smallest absolute Gasteiger partial charge is 0.128 e. The van der Waals surface area contributed by atoms with Gasteiger partial charge >= 0.3 is 0 Å². The number of rotatable bonds is 2. The topological polar surface area (TPSA) is 33.7 Å². The highest BCUT2D eigenvalue weighted by Crippen LogP contribution is 2.39. The van der Waals surface area contributed by atoms with Crippen LogP contribution < -0.4 is 10.2 Å². The van der Waals surface area contributed by atoms with Gasteiger partial charge in [-0.05, 0) is 23.8 Å². The quantitative estimate of drug-likeness (QED) is 0.901. The highest BCUT2D eigenvalue weighted by molar-refractivity contribution is 6.30. The molecule has 0 bridgehead atoms. The molecular formula is C14H17ClN2O2. The molecule has 0 aromatic heterocycles. The lowest BCUT2D eigenvalue weighted by molar-refractivity contribution is 0.159. The first-order chi connectivity index (χ1) is 9.20. The zero-order valence-electron chi connectivity index (χ0n) is 11.1. The molecule has 0 spiro atoms. The summed E-state index contributed by atoms with van der Waals surface area (Å²) in [5.41, 5.74) is 6.96. The number of methoxy groups -OCH3 is 1. The molecule has 2 aliphatic rings. The van der Waals surface area contributed by atoms with Gasteiger partial charge in [-0.1, -0.05) is 11.6 Å². The van der Waals surface area contributed by atoms with Crippen LogP contribution in [-0.4, -0.2) is 38.4 Å². The lowest BCUT2D eigenvalue weighted by atomic mass is 10.0. The summed E-state index contributed by atoms with van der Waals surface area (Å²) in [5.74, 6) is 0.890. The average Bonchev–Trinajstić information content (AvgIpc) is 2.58. The van der Waals surface area contributed by atoms with E-state index in [1.54, 1.807) is 7.11 Å². The molecule has 0 saturated heterocycles. The number of hydrazine groups is 1. The van der Waals surface area contributed by atoms with Crippen molar-refractivity contribution in [2.24, 2.45) is 0 Å². The molecule has 2 aliphatic heterocycles. The van der Waals surface area contributed by atoms with Crippen molar-refractivity contribution in [2.75, 3.05) is 27.4 Å². The first-order valence-electron chi connectivity index (χ1n) is 6.35. The van der Waals surface area contributed by atoms with Crippen molar-refractivity contribution < 1.29 is 9.47 Å². The third kappa shape index (κ3) is 2.20. The Bertz CT molecular complexity index is 530. The Morgan fingerprint density at radius 1 is 1.53 bits per heavy atom. The van der Waals surface area contributed by atoms with Crippen molar-refractivity contribution in [1.82, 2.24) is 10.4 Å². The fourth-order valence-electron chi connectivity index (χ4n) is 2.79. The highest BCUT2D eigenvalue weighted by Gasteiger charge is 2.32. The molecule has 0 saturated carbocycles. The van der Waals surface area contributed by atoms with E-state index < -0.39 is 0 Å². The molecule has 102 valence electrons. The number of fused-ring (bicyclic) bond motifs is 2. The van der Waals surface area contributed by atoms with E-state index in [1.165, 1.54) is 5.57 Å². The molecule has 4 nitrogen and oxygen atoms in total. The minimum absolute atomic E-state index is 0.207. The van der Waals surface area contributed by atoms with Crippen molar-refractivity contribution in [3.05, 3.63) is 34.4 Å². The second-order valence-corrected chi connectivity index (χ2v) is 5.25. The van der Waals surface area contributed by atoms with Gasteiger partial charge < -0.3 is 14.5 Å². The van der Waals surface area contributed by atoms with Crippen LogP contribution in [0.1, 0.15) is 12.0 Å². The van der Waals surface area contributed by atoms with Crippen molar-refractivity contribution in [2.45, 2.75) is 12.5 Å². The Morgan fingerprint density at radius 2 is 2.37 bits per heavy atom. The van der Waals surface area contributed by atoms with Crippen molar-refractivity contribution in [3.8, 4) is 5.75 Å². The van der Waals surface area contributed by atoms with Crippen LogP contribution in [0.25, 0.3) is 5.70 Å². The number of hydrogen-bond donors (Lipinski definition) is 1. The summed E-state index contributed by atoms with van der Waals surface area (Å²) in [4.78, 5) is 0. The van der Waals surface area contributed by atoms with Crippen LogP contribution in [0, 0.1) is 0 Å². The number of nitrogens with zero attached hydrogens (tertiary/aromatic N) is 1. The van der Waals surface area contributed by atoms with Crippen LogP contribution in [0.3, 0.4) is 0 Å². The molecule has 5 heteroatoms. The van der Waals surface area contributed by atoms with Crippen LogP contribution in [0.4, 0.5) is 0 Å². The van der Waals surface area contributed by atoms with Crippen LogP contribution in [0.2, 0.25) is 5.02 Å². The molecule has 19 heavy (non-hydrogen) atoms. The maximum atomic E-state index is 6.12. The molecule has 1 N–H and O–H groups in total. The average molecular weight is 281 g/mol. The van der Waals surface area contributed by atoms with Crippen molar-refractivity contribution in [3.63, 3.8) is 0 Å². The maximum absolute atomic E-state index is 6.12.